The van der Waals surface area contributed by atoms with Crippen molar-refractivity contribution in [1.29, 1.82) is 0 Å². The van der Waals surface area contributed by atoms with Crippen molar-refractivity contribution in [2.75, 3.05) is 25.3 Å². The summed E-state index contributed by atoms with van der Waals surface area (Å²) in [7, 11) is -4.05. The van der Waals surface area contributed by atoms with Crippen LogP contribution in [-0.2, 0) is 29.8 Å². The maximum atomic E-state index is 12.0. The van der Waals surface area contributed by atoms with Crippen LogP contribution in [0.3, 0.4) is 0 Å². The lowest BCUT2D eigenvalue weighted by Crippen LogP contribution is -2.13. The molecule has 3 heterocycles. The van der Waals surface area contributed by atoms with Crippen LogP contribution in [-0.4, -0.2) is 55.6 Å². The summed E-state index contributed by atoms with van der Waals surface area (Å²) in [5, 5.41) is 9.13. The summed E-state index contributed by atoms with van der Waals surface area (Å²) in [6.07, 6.45) is 0.828. The fourth-order valence-corrected chi connectivity index (χ4v) is 3.01. The molecule has 2 atom stereocenters. The van der Waals surface area contributed by atoms with Crippen LogP contribution in [0.5, 0.6) is 0 Å². The SMILES string of the molecule is CC1=C(COP(=O)(O)COCCn2cnc3c(=O)[nH]c(N)nc32)OC(O)O1. The largest absolute Gasteiger partial charge is 0.433 e. The van der Waals surface area contributed by atoms with Crippen molar-refractivity contribution < 1.29 is 33.3 Å². The second-order valence-corrected chi connectivity index (χ2v) is 7.32. The van der Waals surface area contributed by atoms with E-state index in [1.165, 1.54) is 17.8 Å². The van der Waals surface area contributed by atoms with Crippen LogP contribution >= 0.6 is 7.60 Å². The molecular formula is C13H18N5O8P. The Balaban J connectivity index is 1.49. The number of nitrogen functional groups attached to an aromatic ring is 1. The van der Waals surface area contributed by atoms with Gasteiger partial charge in [-0.3, -0.25) is 18.9 Å². The lowest BCUT2D eigenvalue weighted by molar-refractivity contribution is -0.194. The number of allylic oxidation sites excluding steroid dienone is 1. The van der Waals surface area contributed by atoms with Crippen LogP contribution in [0, 0.1) is 0 Å². The lowest BCUT2D eigenvalue weighted by atomic mass is 10.4. The fraction of sp³-hybridized carbons (Fsp3) is 0.462. The van der Waals surface area contributed by atoms with Gasteiger partial charge in [-0.1, -0.05) is 0 Å². The molecule has 0 bridgehead atoms. The minimum atomic E-state index is -4.05. The van der Waals surface area contributed by atoms with E-state index in [1.54, 1.807) is 0 Å². The van der Waals surface area contributed by atoms with Crippen LogP contribution in [0.25, 0.3) is 11.2 Å². The molecule has 1 aliphatic rings. The smallest absolute Gasteiger partial charge is 0.358 e. The van der Waals surface area contributed by atoms with E-state index >= 15 is 0 Å². The van der Waals surface area contributed by atoms with Crippen LogP contribution in [0.2, 0.25) is 0 Å². The Morgan fingerprint density at radius 1 is 1.48 bits per heavy atom. The maximum Gasteiger partial charge on any atom is 0.358 e. The first kappa shape index (κ1) is 19.3. The summed E-state index contributed by atoms with van der Waals surface area (Å²) < 4.78 is 33.2. The first-order valence-corrected chi connectivity index (χ1v) is 9.47. The second-order valence-electron chi connectivity index (χ2n) is 5.53. The van der Waals surface area contributed by atoms with Gasteiger partial charge in [0.1, 0.15) is 18.7 Å². The van der Waals surface area contributed by atoms with Gasteiger partial charge >= 0.3 is 14.1 Å². The number of fused-ring (bicyclic) bond motifs is 1. The molecule has 13 nitrogen and oxygen atoms in total. The Hall–Kier alpha value is -2.44. The number of aliphatic hydroxyl groups is 1. The summed E-state index contributed by atoms with van der Waals surface area (Å²) in [6, 6.07) is 0. The zero-order chi connectivity index (χ0) is 19.6. The number of H-pyrrole nitrogens is 1. The van der Waals surface area contributed by atoms with Gasteiger partial charge in [0, 0.05) is 6.54 Å². The van der Waals surface area contributed by atoms with Crippen molar-refractivity contribution in [2.24, 2.45) is 0 Å². The molecule has 0 spiro atoms. The molecule has 1 aliphatic heterocycles. The molecule has 5 N–H and O–H groups in total. The van der Waals surface area contributed by atoms with Crippen LogP contribution in [0.4, 0.5) is 5.95 Å². The highest BCUT2D eigenvalue weighted by Gasteiger charge is 2.26. The molecule has 0 aliphatic carbocycles. The first-order chi connectivity index (χ1) is 12.7. The second kappa shape index (κ2) is 7.66. The number of aliphatic hydroxyl groups excluding tert-OH is 1. The maximum absolute atomic E-state index is 12.0. The van der Waals surface area contributed by atoms with Gasteiger partial charge in [0.2, 0.25) is 5.95 Å². The molecule has 14 heteroatoms. The van der Waals surface area contributed by atoms with Gasteiger partial charge in [0.25, 0.3) is 5.56 Å². The molecule has 0 saturated carbocycles. The van der Waals surface area contributed by atoms with Gasteiger partial charge in [-0.15, -0.1) is 0 Å². The van der Waals surface area contributed by atoms with E-state index < -0.39 is 26.0 Å². The number of nitrogens with two attached hydrogens (primary N) is 1. The molecule has 0 saturated heterocycles. The van der Waals surface area contributed by atoms with Crippen LogP contribution in [0.1, 0.15) is 6.92 Å². The van der Waals surface area contributed by atoms with Gasteiger partial charge in [-0.25, -0.2) is 4.98 Å². The summed E-state index contributed by atoms with van der Waals surface area (Å²) in [6.45, 7) is -0.0151. The van der Waals surface area contributed by atoms with Crippen LogP contribution in [0.15, 0.2) is 22.6 Å². The molecule has 0 fully saturated rings. The third-order valence-electron chi connectivity index (χ3n) is 3.53. The van der Waals surface area contributed by atoms with E-state index in [-0.39, 0.29) is 48.4 Å². The van der Waals surface area contributed by atoms with Crippen molar-refractivity contribution in [3.05, 3.63) is 28.2 Å². The predicted molar refractivity (Wildman–Crippen MR) is 90.0 cm³/mol. The summed E-state index contributed by atoms with van der Waals surface area (Å²) >= 11 is 0. The van der Waals surface area contributed by atoms with E-state index in [9.17, 15) is 14.3 Å². The average molecular weight is 403 g/mol. The van der Waals surface area contributed by atoms with Gasteiger partial charge in [-0.05, 0) is 6.92 Å². The third-order valence-corrected chi connectivity index (χ3v) is 4.58. The number of nitrogens with one attached hydrogen (secondary N) is 1. The molecule has 2 aromatic rings. The van der Waals surface area contributed by atoms with Gasteiger partial charge < -0.3 is 34.5 Å². The average Bonchev–Trinajstić information content (AvgIpc) is 3.12. The van der Waals surface area contributed by atoms with E-state index in [1.807, 2.05) is 0 Å². The molecule has 27 heavy (non-hydrogen) atoms. The van der Waals surface area contributed by atoms with Crippen molar-refractivity contribution in [3.8, 4) is 0 Å². The minimum absolute atomic E-state index is 0.0355. The van der Waals surface area contributed by atoms with Crippen molar-refractivity contribution in [2.45, 2.75) is 19.9 Å². The molecule has 2 unspecified atom stereocenters. The molecule has 0 radical (unpaired) electrons. The zero-order valence-corrected chi connectivity index (χ0v) is 15.1. The Bertz CT molecular complexity index is 969. The number of ether oxygens (including phenoxy) is 3. The quantitative estimate of drug-likeness (QED) is 0.327. The van der Waals surface area contributed by atoms with Crippen molar-refractivity contribution in [3.63, 3.8) is 0 Å². The number of nitrogens with zero attached hydrogens (tertiary/aromatic N) is 3. The standard InChI is InChI=1S/C13H18N5O8P/c1-7-8(26-13(20)25-7)4-24-27(21,22)6-23-3-2-18-5-15-9-10(18)16-12(14)17-11(9)19/h5,13,20H,2-4,6H2,1H3,(H,21,22)(H3,14,16,17,19). The number of hydrogen-bond acceptors (Lipinski definition) is 10. The van der Waals surface area contributed by atoms with E-state index in [0.717, 1.165) is 0 Å². The number of imidazole rings is 1. The number of aromatic amines is 1. The highest BCUT2D eigenvalue weighted by Crippen LogP contribution is 2.42. The van der Waals surface area contributed by atoms with E-state index in [4.69, 9.17) is 29.6 Å². The third kappa shape index (κ3) is 4.64. The van der Waals surface area contributed by atoms with E-state index in [0.29, 0.717) is 0 Å². The Morgan fingerprint density at radius 3 is 2.96 bits per heavy atom. The highest BCUT2D eigenvalue weighted by molar-refractivity contribution is 7.52. The minimum Gasteiger partial charge on any atom is -0.433 e. The van der Waals surface area contributed by atoms with Gasteiger partial charge in [0.15, 0.2) is 16.9 Å². The molecule has 2 aromatic heterocycles. The Morgan fingerprint density at radius 2 is 2.26 bits per heavy atom. The summed E-state index contributed by atoms with van der Waals surface area (Å²) in [4.78, 5) is 31.7. The molecule has 0 amide bonds. The monoisotopic (exact) mass is 403 g/mol. The highest BCUT2D eigenvalue weighted by atomic mass is 31.2. The molecular weight excluding hydrogens is 385 g/mol. The fourth-order valence-electron chi connectivity index (χ4n) is 2.26. The van der Waals surface area contributed by atoms with Crippen molar-refractivity contribution in [1.82, 2.24) is 19.5 Å². The van der Waals surface area contributed by atoms with Gasteiger partial charge in [-0.2, -0.15) is 4.98 Å². The lowest BCUT2D eigenvalue weighted by Gasteiger charge is -2.13. The molecule has 3 rings (SSSR count). The van der Waals surface area contributed by atoms with Gasteiger partial charge in [0.05, 0.1) is 12.9 Å². The Kier molecular flexibility index (Phi) is 5.48. The number of hydrogen-bond donors (Lipinski definition) is 4. The normalized spacial score (nSPS) is 19.1. The van der Waals surface area contributed by atoms with Crippen molar-refractivity contribution >= 4 is 24.7 Å². The zero-order valence-electron chi connectivity index (χ0n) is 14.2. The van der Waals surface area contributed by atoms with Crippen LogP contribution < -0.4 is 11.3 Å². The summed E-state index contributed by atoms with van der Waals surface area (Å²) in [5.41, 5.74) is 5.45. The topological polar surface area (TPSA) is 184 Å². The number of aromatic nitrogens is 4. The summed E-state index contributed by atoms with van der Waals surface area (Å²) in [5.74, 6) is 0.337. The number of rotatable bonds is 8. The molecule has 148 valence electrons. The van der Waals surface area contributed by atoms with E-state index in [2.05, 4.69) is 15.0 Å². The Labute approximate surface area is 151 Å². The predicted octanol–water partition coefficient (Wildman–Crippen LogP) is -0.568. The number of anilines is 1. The molecule has 0 aromatic carbocycles. The first-order valence-electron chi connectivity index (χ1n) is 7.71.